The molecule has 19 heavy (non-hydrogen) atoms. The Bertz CT molecular complexity index is 448. The lowest BCUT2D eigenvalue weighted by molar-refractivity contribution is 0.0472. The molecule has 0 heterocycles. The Morgan fingerprint density at radius 2 is 1.79 bits per heavy atom. The summed E-state index contributed by atoms with van der Waals surface area (Å²) in [5, 5.41) is 2.87. The number of nitrogens with one attached hydrogen (secondary N) is 1. The second kappa shape index (κ2) is 5.51. The molecule has 0 aliphatic carbocycles. The van der Waals surface area contributed by atoms with Gasteiger partial charge in [-0.15, -0.1) is 0 Å². The van der Waals surface area contributed by atoms with Crippen LogP contribution in [0.2, 0.25) is 0 Å². The summed E-state index contributed by atoms with van der Waals surface area (Å²) in [7, 11) is 0. The van der Waals surface area contributed by atoms with Gasteiger partial charge in [0.25, 0.3) is 0 Å². The highest BCUT2D eigenvalue weighted by Crippen LogP contribution is 2.19. The second-order valence-electron chi connectivity index (χ2n) is 6.39. The van der Waals surface area contributed by atoms with Crippen molar-refractivity contribution in [3.05, 3.63) is 29.8 Å². The fraction of sp³-hybridized carbons (Fsp3) is 0.533. The van der Waals surface area contributed by atoms with E-state index in [-0.39, 0.29) is 0 Å². The minimum atomic E-state index is -0.494. The molecule has 4 heteroatoms. The van der Waals surface area contributed by atoms with Crippen LogP contribution in [0.4, 0.5) is 10.5 Å². The van der Waals surface area contributed by atoms with E-state index in [9.17, 15) is 4.79 Å². The number of nitrogens with two attached hydrogens (primary N) is 1. The lowest BCUT2D eigenvalue weighted by Gasteiger charge is -2.29. The standard InChI is InChI=1S/C15H24N2O2/c1-14(2,3)19-13(18)17-15(4,5)10-11-8-6-7-9-12(11)16/h6-9H,10,16H2,1-5H3,(H,17,18). The number of carbonyl (C=O) groups is 1. The number of carbonyl (C=O) groups excluding carboxylic acids is 1. The predicted molar refractivity (Wildman–Crippen MR) is 78.0 cm³/mol. The van der Waals surface area contributed by atoms with Crippen LogP contribution in [0.25, 0.3) is 0 Å². The van der Waals surface area contributed by atoms with E-state index in [2.05, 4.69) is 5.32 Å². The maximum absolute atomic E-state index is 11.8. The minimum absolute atomic E-state index is 0.410. The fourth-order valence-electron chi connectivity index (χ4n) is 1.80. The van der Waals surface area contributed by atoms with Crippen molar-refractivity contribution in [1.82, 2.24) is 5.32 Å². The molecule has 0 saturated heterocycles. The van der Waals surface area contributed by atoms with Crippen molar-refractivity contribution in [2.24, 2.45) is 0 Å². The second-order valence-corrected chi connectivity index (χ2v) is 6.39. The topological polar surface area (TPSA) is 64.3 Å². The molecule has 0 saturated carbocycles. The average molecular weight is 264 g/mol. The van der Waals surface area contributed by atoms with Gasteiger partial charge in [0.05, 0.1) is 0 Å². The highest BCUT2D eigenvalue weighted by Gasteiger charge is 2.25. The van der Waals surface area contributed by atoms with Gasteiger partial charge in [0.1, 0.15) is 5.60 Å². The maximum Gasteiger partial charge on any atom is 0.408 e. The van der Waals surface area contributed by atoms with Gasteiger partial charge in [-0.05, 0) is 52.7 Å². The van der Waals surface area contributed by atoms with Gasteiger partial charge < -0.3 is 15.8 Å². The molecule has 1 aromatic rings. The maximum atomic E-state index is 11.8. The monoisotopic (exact) mass is 264 g/mol. The molecule has 0 unspecified atom stereocenters. The Hall–Kier alpha value is -1.71. The Morgan fingerprint density at radius 3 is 2.32 bits per heavy atom. The molecule has 0 bridgehead atoms. The number of benzene rings is 1. The number of hydrogen-bond donors (Lipinski definition) is 2. The van der Waals surface area contributed by atoms with Crippen LogP contribution in [0.15, 0.2) is 24.3 Å². The van der Waals surface area contributed by atoms with Crippen LogP contribution in [0.1, 0.15) is 40.2 Å². The molecule has 3 N–H and O–H groups in total. The van der Waals surface area contributed by atoms with Gasteiger partial charge in [0, 0.05) is 11.2 Å². The molecule has 0 aliphatic heterocycles. The number of hydrogen-bond acceptors (Lipinski definition) is 3. The SMILES string of the molecule is CC(C)(Cc1ccccc1N)NC(=O)OC(C)(C)C. The first kappa shape index (κ1) is 15.3. The van der Waals surface area contributed by atoms with Crippen LogP contribution in [0, 0.1) is 0 Å². The molecule has 0 spiro atoms. The lowest BCUT2D eigenvalue weighted by Crippen LogP contribution is -2.47. The van der Waals surface area contributed by atoms with Gasteiger partial charge in [-0.2, -0.15) is 0 Å². The molecule has 0 fully saturated rings. The number of nitrogen functional groups attached to an aromatic ring is 1. The Labute approximate surface area is 115 Å². The van der Waals surface area contributed by atoms with Gasteiger partial charge in [0.2, 0.25) is 0 Å². The van der Waals surface area contributed by atoms with E-state index in [0.717, 1.165) is 11.3 Å². The van der Waals surface area contributed by atoms with E-state index in [1.807, 2.05) is 58.9 Å². The summed E-state index contributed by atoms with van der Waals surface area (Å²) >= 11 is 0. The molecule has 4 nitrogen and oxygen atoms in total. The third kappa shape index (κ3) is 5.64. The fourth-order valence-corrected chi connectivity index (χ4v) is 1.80. The third-order valence-corrected chi connectivity index (χ3v) is 2.53. The minimum Gasteiger partial charge on any atom is -0.444 e. The summed E-state index contributed by atoms with van der Waals surface area (Å²) in [6.45, 7) is 9.42. The summed E-state index contributed by atoms with van der Waals surface area (Å²) in [4.78, 5) is 11.8. The Balaban J connectivity index is 2.67. The first-order valence-corrected chi connectivity index (χ1v) is 6.44. The van der Waals surface area contributed by atoms with Crippen molar-refractivity contribution in [3.63, 3.8) is 0 Å². The summed E-state index contributed by atoms with van der Waals surface area (Å²) in [6.07, 6.45) is 0.242. The van der Waals surface area contributed by atoms with Crippen molar-refractivity contribution in [2.75, 3.05) is 5.73 Å². The van der Waals surface area contributed by atoms with Gasteiger partial charge in [-0.25, -0.2) is 4.79 Å². The van der Waals surface area contributed by atoms with E-state index in [1.165, 1.54) is 0 Å². The molecular weight excluding hydrogens is 240 g/mol. The highest BCUT2D eigenvalue weighted by molar-refractivity contribution is 5.68. The number of anilines is 1. The summed E-state index contributed by atoms with van der Waals surface area (Å²) in [5.74, 6) is 0. The Kier molecular flexibility index (Phi) is 4.45. The van der Waals surface area contributed by atoms with E-state index in [0.29, 0.717) is 6.42 Å². The average Bonchev–Trinajstić information content (AvgIpc) is 2.17. The number of para-hydroxylation sites is 1. The van der Waals surface area contributed by atoms with E-state index < -0.39 is 17.2 Å². The third-order valence-electron chi connectivity index (χ3n) is 2.53. The van der Waals surface area contributed by atoms with Crippen molar-refractivity contribution < 1.29 is 9.53 Å². The zero-order valence-corrected chi connectivity index (χ0v) is 12.4. The van der Waals surface area contributed by atoms with Gasteiger partial charge >= 0.3 is 6.09 Å². The highest BCUT2D eigenvalue weighted by atomic mass is 16.6. The van der Waals surface area contributed by atoms with Crippen LogP contribution in [0.3, 0.4) is 0 Å². The normalized spacial score (nSPS) is 12.1. The van der Waals surface area contributed by atoms with Crippen LogP contribution in [-0.4, -0.2) is 17.2 Å². The predicted octanol–water partition coefficient (Wildman–Crippen LogP) is 3.11. The van der Waals surface area contributed by atoms with Crippen LogP contribution in [-0.2, 0) is 11.2 Å². The van der Waals surface area contributed by atoms with Crippen molar-refractivity contribution >= 4 is 11.8 Å². The van der Waals surface area contributed by atoms with Crippen molar-refractivity contribution in [3.8, 4) is 0 Å². The summed E-state index contributed by atoms with van der Waals surface area (Å²) in [5.41, 5.74) is 6.76. The lowest BCUT2D eigenvalue weighted by atomic mass is 9.94. The van der Waals surface area contributed by atoms with Crippen LogP contribution in [0.5, 0.6) is 0 Å². The first-order chi connectivity index (χ1) is 8.59. The smallest absolute Gasteiger partial charge is 0.408 e. The van der Waals surface area contributed by atoms with Gasteiger partial charge in [0.15, 0.2) is 0 Å². The molecule has 0 radical (unpaired) electrons. The van der Waals surface area contributed by atoms with Crippen molar-refractivity contribution in [1.29, 1.82) is 0 Å². The number of amides is 1. The number of ether oxygens (including phenoxy) is 1. The molecule has 106 valence electrons. The Morgan fingerprint density at radius 1 is 1.21 bits per heavy atom. The van der Waals surface area contributed by atoms with Crippen molar-refractivity contribution in [2.45, 2.75) is 52.2 Å². The molecule has 1 rings (SSSR count). The molecule has 1 amide bonds. The molecule has 0 atom stereocenters. The van der Waals surface area contributed by atoms with Crippen LogP contribution < -0.4 is 11.1 Å². The first-order valence-electron chi connectivity index (χ1n) is 6.44. The van der Waals surface area contributed by atoms with E-state index in [1.54, 1.807) is 0 Å². The number of alkyl carbamates (subject to hydrolysis) is 1. The molecule has 0 aromatic heterocycles. The van der Waals surface area contributed by atoms with E-state index in [4.69, 9.17) is 10.5 Å². The van der Waals surface area contributed by atoms with Gasteiger partial charge in [-0.1, -0.05) is 18.2 Å². The van der Waals surface area contributed by atoms with E-state index >= 15 is 0 Å². The largest absolute Gasteiger partial charge is 0.444 e. The summed E-state index contributed by atoms with van der Waals surface area (Å²) < 4.78 is 5.26. The van der Waals surface area contributed by atoms with Gasteiger partial charge in [-0.3, -0.25) is 0 Å². The quantitative estimate of drug-likeness (QED) is 0.824. The zero-order chi connectivity index (χ0) is 14.7. The molecular formula is C15H24N2O2. The summed E-state index contributed by atoms with van der Waals surface area (Å²) in [6, 6.07) is 7.66. The number of rotatable bonds is 3. The molecule has 0 aliphatic rings. The zero-order valence-electron chi connectivity index (χ0n) is 12.4. The van der Waals surface area contributed by atoms with Crippen LogP contribution >= 0.6 is 0 Å². The molecule has 1 aromatic carbocycles.